The van der Waals surface area contributed by atoms with E-state index in [2.05, 4.69) is 12.1 Å². The van der Waals surface area contributed by atoms with Crippen LogP contribution < -0.4 is 11.5 Å². The maximum absolute atomic E-state index is 5.73. The van der Waals surface area contributed by atoms with Gasteiger partial charge in [0.1, 0.15) is 0 Å². The van der Waals surface area contributed by atoms with Crippen molar-refractivity contribution in [2.24, 2.45) is 0 Å². The third-order valence-electron chi connectivity index (χ3n) is 2.38. The molecular weight excluding hydrogens is 196 g/mol. The minimum atomic E-state index is 0.621. The van der Waals surface area contributed by atoms with Gasteiger partial charge in [0.2, 0.25) is 0 Å². The van der Waals surface area contributed by atoms with E-state index in [-0.39, 0.29) is 0 Å². The highest BCUT2D eigenvalue weighted by atomic mass is 14.7. The Bertz CT molecular complexity index is 501. The first-order chi connectivity index (χ1) is 7.75. The molecule has 2 nitrogen and oxygen atoms in total. The number of hydrogen-bond donors (Lipinski definition) is 2. The summed E-state index contributed by atoms with van der Waals surface area (Å²) in [5, 5.41) is 0. The van der Waals surface area contributed by atoms with Crippen molar-refractivity contribution in [3.63, 3.8) is 0 Å². The minimum Gasteiger partial charge on any atom is -0.397 e. The lowest BCUT2D eigenvalue weighted by Gasteiger charge is -2.00. The quantitative estimate of drug-likeness (QED) is 0.591. The molecule has 0 aliphatic heterocycles. The lowest BCUT2D eigenvalue weighted by molar-refractivity contribution is 1.62. The Balaban J connectivity index is 2.21. The summed E-state index contributed by atoms with van der Waals surface area (Å²) < 4.78 is 0. The summed E-state index contributed by atoms with van der Waals surface area (Å²) in [6.45, 7) is 0. The van der Waals surface area contributed by atoms with Gasteiger partial charge in [-0.3, -0.25) is 0 Å². The number of anilines is 2. The van der Waals surface area contributed by atoms with Crippen LogP contribution in [0.4, 0.5) is 11.4 Å². The molecule has 80 valence electrons. The fourth-order valence-electron chi connectivity index (χ4n) is 1.45. The Labute approximate surface area is 95.2 Å². The number of hydrogen-bond acceptors (Lipinski definition) is 2. The van der Waals surface area contributed by atoms with Gasteiger partial charge >= 0.3 is 0 Å². The molecule has 2 aromatic rings. The second kappa shape index (κ2) is 4.53. The van der Waals surface area contributed by atoms with Crippen molar-refractivity contribution in [1.82, 2.24) is 0 Å². The monoisotopic (exact) mass is 210 g/mol. The number of nitrogens with two attached hydrogens (primary N) is 2. The van der Waals surface area contributed by atoms with Crippen molar-refractivity contribution in [1.29, 1.82) is 0 Å². The number of nitrogen functional groups attached to an aromatic ring is 2. The first kappa shape index (κ1) is 10.3. The summed E-state index contributed by atoms with van der Waals surface area (Å²) in [7, 11) is 0. The summed E-state index contributed by atoms with van der Waals surface area (Å²) in [5.74, 6) is 0. The molecule has 0 atom stereocenters. The zero-order valence-electron chi connectivity index (χ0n) is 8.93. The Morgan fingerprint density at radius 2 is 1.38 bits per heavy atom. The van der Waals surface area contributed by atoms with E-state index in [0.29, 0.717) is 11.4 Å². The van der Waals surface area contributed by atoms with Gasteiger partial charge in [0.25, 0.3) is 0 Å². The van der Waals surface area contributed by atoms with E-state index in [9.17, 15) is 0 Å². The average molecular weight is 210 g/mol. The topological polar surface area (TPSA) is 52.0 Å². The minimum absolute atomic E-state index is 0.621. The molecule has 0 aliphatic carbocycles. The van der Waals surface area contributed by atoms with Crippen molar-refractivity contribution < 1.29 is 0 Å². The van der Waals surface area contributed by atoms with E-state index in [4.69, 9.17) is 11.5 Å². The van der Waals surface area contributed by atoms with E-state index >= 15 is 0 Å². The summed E-state index contributed by atoms with van der Waals surface area (Å²) in [6, 6.07) is 15.8. The average Bonchev–Trinajstić information content (AvgIpc) is 2.32. The summed E-state index contributed by atoms with van der Waals surface area (Å²) in [4.78, 5) is 0. The van der Waals surface area contributed by atoms with Crippen molar-refractivity contribution in [3.05, 3.63) is 59.7 Å². The Hall–Kier alpha value is -2.22. The van der Waals surface area contributed by atoms with Crippen LogP contribution in [-0.2, 0) is 0 Å². The van der Waals surface area contributed by atoms with Crippen LogP contribution in [0.5, 0.6) is 0 Å². The van der Waals surface area contributed by atoms with Crippen LogP contribution in [-0.4, -0.2) is 0 Å². The van der Waals surface area contributed by atoms with Gasteiger partial charge in [-0.1, -0.05) is 48.6 Å². The molecule has 4 N–H and O–H groups in total. The van der Waals surface area contributed by atoms with E-state index in [1.54, 1.807) is 0 Å². The van der Waals surface area contributed by atoms with E-state index < -0.39 is 0 Å². The molecule has 0 fully saturated rings. The molecule has 0 spiro atoms. The van der Waals surface area contributed by atoms with Gasteiger partial charge in [0.05, 0.1) is 11.4 Å². The molecule has 0 aromatic heterocycles. The molecule has 0 heterocycles. The molecule has 0 radical (unpaired) electrons. The third-order valence-corrected chi connectivity index (χ3v) is 2.38. The molecule has 2 rings (SSSR count). The highest BCUT2D eigenvalue weighted by Crippen LogP contribution is 2.17. The molecule has 0 saturated carbocycles. The van der Waals surface area contributed by atoms with Gasteiger partial charge in [-0.05, 0) is 23.3 Å². The van der Waals surface area contributed by atoms with Crippen LogP contribution >= 0.6 is 0 Å². The van der Waals surface area contributed by atoms with Crippen LogP contribution in [0.25, 0.3) is 12.2 Å². The first-order valence-electron chi connectivity index (χ1n) is 5.14. The Kier molecular flexibility index (Phi) is 2.92. The molecule has 0 aliphatic rings. The SMILES string of the molecule is Nc1ccc(/C=C/c2ccccc2)cc1N. The smallest absolute Gasteiger partial charge is 0.0553 e. The fourth-order valence-corrected chi connectivity index (χ4v) is 1.45. The van der Waals surface area contributed by atoms with Crippen molar-refractivity contribution >= 4 is 23.5 Å². The molecule has 0 unspecified atom stereocenters. The molecule has 0 amide bonds. The van der Waals surface area contributed by atoms with Gasteiger partial charge in [-0.25, -0.2) is 0 Å². The maximum atomic E-state index is 5.73. The predicted molar refractivity (Wildman–Crippen MR) is 70.6 cm³/mol. The summed E-state index contributed by atoms with van der Waals surface area (Å²) in [6.07, 6.45) is 4.07. The first-order valence-corrected chi connectivity index (χ1v) is 5.14. The molecule has 0 bridgehead atoms. The second-order valence-corrected chi connectivity index (χ2v) is 3.63. The molecule has 16 heavy (non-hydrogen) atoms. The fraction of sp³-hybridized carbons (Fsp3) is 0. The second-order valence-electron chi connectivity index (χ2n) is 3.63. The lowest BCUT2D eigenvalue weighted by Crippen LogP contribution is -1.93. The van der Waals surface area contributed by atoms with Crippen molar-refractivity contribution in [2.75, 3.05) is 11.5 Å². The van der Waals surface area contributed by atoms with Gasteiger partial charge in [-0.2, -0.15) is 0 Å². The lowest BCUT2D eigenvalue weighted by atomic mass is 10.1. The van der Waals surface area contributed by atoms with Crippen LogP contribution in [0.15, 0.2) is 48.5 Å². The number of rotatable bonds is 2. The third kappa shape index (κ3) is 2.42. The van der Waals surface area contributed by atoms with Gasteiger partial charge < -0.3 is 11.5 Å². The van der Waals surface area contributed by atoms with E-state index in [0.717, 1.165) is 11.1 Å². The summed E-state index contributed by atoms with van der Waals surface area (Å²) in [5.41, 5.74) is 14.8. The van der Waals surface area contributed by atoms with Crippen molar-refractivity contribution in [2.45, 2.75) is 0 Å². The molecule has 2 aromatic carbocycles. The van der Waals surface area contributed by atoms with Crippen LogP contribution in [0.3, 0.4) is 0 Å². The van der Waals surface area contributed by atoms with Gasteiger partial charge in [-0.15, -0.1) is 0 Å². The van der Waals surface area contributed by atoms with Gasteiger partial charge in [0.15, 0.2) is 0 Å². The highest BCUT2D eigenvalue weighted by Gasteiger charge is 1.93. The standard InChI is InChI=1S/C14H14N2/c15-13-9-8-12(10-14(13)16)7-6-11-4-2-1-3-5-11/h1-10H,15-16H2/b7-6+. The molecular formula is C14H14N2. The maximum Gasteiger partial charge on any atom is 0.0553 e. The zero-order chi connectivity index (χ0) is 11.4. The number of benzene rings is 2. The Morgan fingerprint density at radius 3 is 2.06 bits per heavy atom. The van der Waals surface area contributed by atoms with E-state index in [1.165, 1.54) is 0 Å². The predicted octanol–water partition coefficient (Wildman–Crippen LogP) is 3.02. The van der Waals surface area contributed by atoms with Crippen LogP contribution in [0.1, 0.15) is 11.1 Å². The van der Waals surface area contributed by atoms with Crippen molar-refractivity contribution in [3.8, 4) is 0 Å². The van der Waals surface area contributed by atoms with Gasteiger partial charge in [0, 0.05) is 0 Å². The van der Waals surface area contributed by atoms with E-state index in [1.807, 2.05) is 48.6 Å². The normalized spacial score (nSPS) is 10.8. The zero-order valence-corrected chi connectivity index (χ0v) is 8.93. The molecule has 2 heteroatoms. The largest absolute Gasteiger partial charge is 0.397 e. The summed E-state index contributed by atoms with van der Waals surface area (Å²) >= 11 is 0. The molecule has 0 saturated heterocycles. The van der Waals surface area contributed by atoms with Crippen LogP contribution in [0.2, 0.25) is 0 Å². The highest BCUT2D eigenvalue weighted by molar-refractivity contribution is 5.74. The van der Waals surface area contributed by atoms with Crippen LogP contribution in [0, 0.1) is 0 Å². The Morgan fingerprint density at radius 1 is 0.688 bits per heavy atom.